The van der Waals surface area contributed by atoms with E-state index in [2.05, 4.69) is 0 Å². The zero-order valence-electron chi connectivity index (χ0n) is 7.26. The Labute approximate surface area is 87.9 Å². The van der Waals surface area contributed by atoms with Crippen LogP contribution in [0.4, 0.5) is 0 Å². The van der Waals surface area contributed by atoms with Gasteiger partial charge in [-0.1, -0.05) is 29.3 Å². The number of rotatable bonds is 3. The summed E-state index contributed by atoms with van der Waals surface area (Å²) in [5, 5.41) is 0.676. The zero-order valence-corrected chi connectivity index (χ0v) is 8.77. The Bertz CT molecular complexity index is 308. The minimum atomic E-state index is 0.463. The molecule has 0 amide bonds. The lowest BCUT2D eigenvalue weighted by molar-refractivity contribution is 0.360. The van der Waals surface area contributed by atoms with Gasteiger partial charge >= 0.3 is 0 Å². The summed E-state index contributed by atoms with van der Waals surface area (Å²) in [6, 6.07) is 5.54. The first-order valence-corrected chi connectivity index (χ1v) is 4.69. The lowest BCUT2D eigenvalue weighted by atomic mass is 10.2. The molecule has 0 saturated heterocycles. The fourth-order valence-electron chi connectivity index (χ4n) is 0.904. The fourth-order valence-corrected chi connectivity index (χ4v) is 1.14. The van der Waals surface area contributed by atoms with Crippen LogP contribution in [0.5, 0.6) is 5.75 Å². The van der Waals surface area contributed by atoms with Crippen LogP contribution >= 0.6 is 23.2 Å². The van der Waals surface area contributed by atoms with Crippen LogP contribution in [0.1, 0.15) is 5.56 Å². The number of aryl methyl sites for hydroxylation is 1. The second kappa shape index (κ2) is 5.15. The summed E-state index contributed by atoms with van der Waals surface area (Å²) in [7, 11) is 0. The second-order valence-electron chi connectivity index (χ2n) is 2.58. The normalized spacial score (nSPS) is 10.7. The summed E-state index contributed by atoms with van der Waals surface area (Å²) < 4.78 is 5.40. The topological polar surface area (TPSA) is 9.23 Å². The standard InChI is InChI=1S/C10H10Cl2O/c1-8-3-4-9(12)7-10(8)13-6-2-5-11/h2-5,7H,6H2,1H3. The highest BCUT2D eigenvalue weighted by Crippen LogP contribution is 2.22. The van der Waals surface area contributed by atoms with E-state index >= 15 is 0 Å². The molecular weight excluding hydrogens is 207 g/mol. The summed E-state index contributed by atoms with van der Waals surface area (Å²) in [6.45, 7) is 2.43. The third-order valence-corrected chi connectivity index (χ3v) is 1.99. The van der Waals surface area contributed by atoms with Crippen LogP contribution in [-0.4, -0.2) is 6.61 Å². The van der Waals surface area contributed by atoms with Gasteiger partial charge in [-0.15, -0.1) is 0 Å². The molecule has 0 radical (unpaired) electrons. The molecule has 1 aromatic carbocycles. The molecule has 0 aliphatic carbocycles. The van der Waals surface area contributed by atoms with Crippen LogP contribution in [0.15, 0.2) is 29.8 Å². The van der Waals surface area contributed by atoms with Crippen molar-refractivity contribution >= 4 is 23.2 Å². The van der Waals surface area contributed by atoms with Crippen LogP contribution in [0, 0.1) is 6.92 Å². The zero-order chi connectivity index (χ0) is 9.68. The lowest BCUT2D eigenvalue weighted by Crippen LogP contribution is -1.94. The molecule has 0 bridgehead atoms. The molecule has 0 unspecified atom stereocenters. The molecule has 1 aromatic rings. The molecule has 70 valence electrons. The van der Waals surface area contributed by atoms with Gasteiger partial charge in [-0.25, -0.2) is 0 Å². The molecule has 3 heteroatoms. The summed E-state index contributed by atoms with van der Waals surface area (Å²) in [5.74, 6) is 0.794. The van der Waals surface area contributed by atoms with Crippen molar-refractivity contribution in [1.82, 2.24) is 0 Å². The van der Waals surface area contributed by atoms with E-state index in [0.717, 1.165) is 11.3 Å². The van der Waals surface area contributed by atoms with Crippen molar-refractivity contribution in [3.05, 3.63) is 40.4 Å². The van der Waals surface area contributed by atoms with Gasteiger partial charge in [0, 0.05) is 10.6 Å². The first-order valence-electron chi connectivity index (χ1n) is 3.88. The predicted molar refractivity (Wildman–Crippen MR) is 56.7 cm³/mol. The average molecular weight is 217 g/mol. The molecule has 0 atom stereocenters. The minimum absolute atomic E-state index is 0.463. The van der Waals surface area contributed by atoms with Crippen LogP contribution in [-0.2, 0) is 0 Å². The van der Waals surface area contributed by atoms with E-state index in [1.165, 1.54) is 5.54 Å². The Balaban J connectivity index is 2.69. The number of hydrogen-bond acceptors (Lipinski definition) is 1. The lowest BCUT2D eigenvalue weighted by Gasteiger charge is -2.06. The highest BCUT2D eigenvalue weighted by atomic mass is 35.5. The highest BCUT2D eigenvalue weighted by Gasteiger charge is 1.98. The molecule has 0 N–H and O–H groups in total. The molecule has 0 fully saturated rings. The number of hydrogen-bond donors (Lipinski definition) is 0. The molecular formula is C10H10Cl2O. The maximum absolute atomic E-state index is 5.81. The van der Waals surface area contributed by atoms with Crippen LogP contribution in [0.3, 0.4) is 0 Å². The Hall–Kier alpha value is -0.660. The van der Waals surface area contributed by atoms with Gasteiger partial charge in [-0.2, -0.15) is 0 Å². The molecule has 0 aliphatic rings. The minimum Gasteiger partial charge on any atom is -0.489 e. The molecule has 1 rings (SSSR count). The summed E-state index contributed by atoms with van der Waals surface area (Å²) in [6.07, 6.45) is 1.72. The van der Waals surface area contributed by atoms with Crippen LogP contribution in [0.25, 0.3) is 0 Å². The van der Waals surface area contributed by atoms with Crippen molar-refractivity contribution in [2.45, 2.75) is 6.92 Å². The Morgan fingerprint density at radius 1 is 1.46 bits per heavy atom. The van der Waals surface area contributed by atoms with Crippen molar-refractivity contribution in [3.8, 4) is 5.75 Å². The summed E-state index contributed by atoms with van der Waals surface area (Å²) >= 11 is 11.2. The first kappa shape index (κ1) is 10.4. The van der Waals surface area contributed by atoms with Gasteiger partial charge < -0.3 is 4.74 Å². The van der Waals surface area contributed by atoms with Gasteiger partial charge in [-0.05, 0) is 30.7 Å². The van der Waals surface area contributed by atoms with Gasteiger partial charge in [0.1, 0.15) is 12.4 Å². The van der Waals surface area contributed by atoms with Crippen LogP contribution < -0.4 is 4.74 Å². The highest BCUT2D eigenvalue weighted by molar-refractivity contribution is 6.30. The predicted octanol–water partition coefficient (Wildman–Crippen LogP) is 3.78. The number of benzene rings is 1. The third kappa shape index (κ3) is 3.29. The molecule has 0 saturated carbocycles. The third-order valence-electron chi connectivity index (χ3n) is 1.57. The smallest absolute Gasteiger partial charge is 0.124 e. The Morgan fingerprint density at radius 2 is 2.23 bits per heavy atom. The fraction of sp³-hybridized carbons (Fsp3) is 0.200. The van der Waals surface area contributed by atoms with E-state index < -0.39 is 0 Å². The maximum Gasteiger partial charge on any atom is 0.124 e. The summed E-state index contributed by atoms with van der Waals surface area (Å²) in [5.41, 5.74) is 2.49. The van der Waals surface area contributed by atoms with Crippen LogP contribution in [0.2, 0.25) is 5.02 Å². The van der Waals surface area contributed by atoms with Gasteiger partial charge in [0.25, 0.3) is 0 Å². The van der Waals surface area contributed by atoms with E-state index in [-0.39, 0.29) is 0 Å². The van der Waals surface area contributed by atoms with Crippen molar-refractivity contribution in [3.63, 3.8) is 0 Å². The van der Waals surface area contributed by atoms with E-state index in [9.17, 15) is 0 Å². The van der Waals surface area contributed by atoms with Crippen molar-refractivity contribution in [2.24, 2.45) is 0 Å². The van der Waals surface area contributed by atoms with Gasteiger partial charge in [-0.3, -0.25) is 0 Å². The van der Waals surface area contributed by atoms with E-state index in [1.54, 1.807) is 12.1 Å². The largest absolute Gasteiger partial charge is 0.489 e. The van der Waals surface area contributed by atoms with Gasteiger partial charge in [0.15, 0.2) is 0 Å². The molecule has 1 nitrogen and oxygen atoms in total. The Kier molecular flexibility index (Phi) is 4.13. The van der Waals surface area contributed by atoms with Crippen molar-refractivity contribution in [2.75, 3.05) is 6.61 Å². The maximum atomic E-state index is 5.81. The molecule has 0 aliphatic heterocycles. The Morgan fingerprint density at radius 3 is 2.92 bits per heavy atom. The van der Waals surface area contributed by atoms with E-state index in [0.29, 0.717) is 11.6 Å². The number of halogens is 2. The first-order chi connectivity index (χ1) is 6.24. The quantitative estimate of drug-likeness (QED) is 0.748. The van der Waals surface area contributed by atoms with E-state index in [1.807, 2.05) is 19.1 Å². The molecule has 0 spiro atoms. The molecule has 13 heavy (non-hydrogen) atoms. The van der Waals surface area contributed by atoms with Crippen molar-refractivity contribution in [1.29, 1.82) is 0 Å². The molecule has 0 heterocycles. The van der Waals surface area contributed by atoms with Gasteiger partial charge in [0.05, 0.1) is 0 Å². The SMILES string of the molecule is Cc1ccc(Cl)cc1OCC=CCl. The van der Waals surface area contributed by atoms with E-state index in [4.69, 9.17) is 27.9 Å². The number of ether oxygens (including phenoxy) is 1. The van der Waals surface area contributed by atoms with Crippen molar-refractivity contribution < 1.29 is 4.74 Å². The summed E-state index contributed by atoms with van der Waals surface area (Å²) in [4.78, 5) is 0. The molecule has 0 aromatic heterocycles. The average Bonchev–Trinajstić information content (AvgIpc) is 2.11. The van der Waals surface area contributed by atoms with Gasteiger partial charge in [0.2, 0.25) is 0 Å². The monoisotopic (exact) mass is 216 g/mol. The second-order valence-corrected chi connectivity index (χ2v) is 3.27.